The van der Waals surface area contributed by atoms with Crippen molar-refractivity contribution in [2.45, 2.75) is 19.8 Å². The highest BCUT2D eigenvalue weighted by Gasteiger charge is 2.08. The normalized spacial score (nSPS) is 10.1. The number of aromatic nitrogens is 2. The first kappa shape index (κ1) is 14.0. The number of amides is 1. The minimum atomic E-state index is -0.302. The molecule has 1 amide bonds. The average Bonchev–Trinajstić information content (AvgIpc) is 2.49. The van der Waals surface area contributed by atoms with Crippen LogP contribution in [0.1, 0.15) is 29.4 Å². The molecule has 6 heteroatoms. The lowest BCUT2D eigenvalue weighted by molar-refractivity contribution is 0.102. The number of hydrazine groups is 1. The molecule has 1 aromatic heterocycles. The molecule has 2 aromatic rings. The third-order valence-corrected chi connectivity index (χ3v) is 2.80. The number of nitrogens with two attached hydrogens (primary N) is 1. The van der Waals surface area contributed by atoms with E-state index in [2.05, 4.69) is 27.9 Å². The standard InChI is InChI=1S/C14H17N5O/c1-2-3-10-4-6-11(7-5-10)16-14(20)12-8-9-13(17-15)19-18-12/h4-9H,2-3,15H2,1H3,(H,16,20)(H,17,19). The largest absolute Gasteiger partial charge is 0.321 e. The van der Waals surface area contributed by atoms with Gasteiger partial charge in [0.25, 0.3) is 5.91 Å². The van der Waals surface area contributed by atoms with Crippen molar-refractivity contribution in [3.8, 4) is 0 Å². The predicted molar refractivity (Wildman–Crippen MR) is 78.2 cm³/mol. The van der Waals surface area contributed by atoms with E-state index in [0.29, 0.717) is 5.82 Å². The van der Waals surface area contributed by atoms with Crippen LogP contribution in [-0.4, -0.2) is 16.1 Å². The van der Waals surface area contributed by atoms with Crippen molar-refractivity contribution in [1.82, 2.24) is 10.2 Å². The number of carbonyl (C=O) groups excluding carboxylic acids is 1. The molecule has 1 aromatic carbocycles. The smallest absolute Gasteiger partial charge is 0.276 e. The van der Waals surface area contributed by atoms with Gasteiger partial charge in [0, 0.05) is 5.69 Å². The third-order valence-electron chi connectivity index (χ3n) is 2.80. The van der Waals surface area contributed by atoms with Gasteiger partial charge in [0.1, 0.15) is 0 Å². The summed E-state index contributed by atoms with van der Waals surface area (Å²) in [6.45, 7) is 2.13. The molecular formula is C14H17N5O. The summed E-state index contributed by atoms with van der Waals surface area (Å²) >= 11 is 0. The quantitative estimate of drug-likeness (QED) is 0.571. The molecule has 2 rings (SSSR count). The maximum Gasteiger partial charge on any atom is 0.276 e. The maximum atomic E-state index is 12.0. The van der Waals surface area contributed by atoms with Crippen LogP contribution >= 0.6 is 0 Å². The second kappa shape index (κ2) is 6.63. The molecule has 0 aliphatic rings. The van der Waals surface area contributed by atoms with E-state index in [-0.39, 0.29) is 11.6 Å². The summed E-state index contributed by atoms with van der Waals surface area (Å²) in [5, 5.41) is 10.3. The molecule has 0 fully saturated rings. The van der Waals surface area contributed by atoms with Crippen LogP contribution in [0.2, 0.25) is 0 Å². The fourth-order valence-electron chi connectivity index (χ4n) is 1.77. The van der Waals surface area contributed by atoms with Gasteiger partial charge < -0.3 is 10.7 Å². The van der Waals surface area contributed by atoms with Crippen molar-refractivity contribution in [3.63, 3.8) is 0 Å². The highest BCUT2D eigenvalue weighted by atomic mass is 16.1. The van der Waals surface area contributed by atoms with E-state index in [0.717, 1.165) is 18.5 Å². The Morgan fingerprint density at radius 1 is 1.15 bits per heavy atom. The molecular weight excluding hydrogens is 254 g/mol. The van der Waals surface area contributed by atoms with Crippen LogP contribution in [-0.2, 0) is 6.42 Å². The molecule has 0 saturated carbocycles. The number of carbonyl (C=O) groups is 1. The second-order valence-corrected chi connectivity index (χ2v) is 4.35. The summed E-state index contributed by atoms with van der Waals surface area (Å²) in [5.74, 6) is 5.29. The van der Waals surface area contributed by atoms with E-state index >= 15 is 0 Å². The summed E-state index contributed by atoms with van der Waals surface area (Å²) in [5.41, 5.74) is 4.58. The van der Waals surface area contributed by atoms with E-state index in [1.54, 1.807) is 12.1 Å². The number of rotatable bonds is 5. The Labute approximate surface area is 117 Å². The van der Waals surface area contributed by atoms with Crippen molar-refractivity contribution in [1.29, 1.82) is 0 Å². The average molecular weight is 271 g/mol. The minimum Gasteiger partial charge on any atom is -0.321 e. The number of hydrogen-bond donors (Lipinski definition) is 3. The number of nitrogens with zero attached hydrogens (tertiary/aromatic N) is 2. The van der Waals surface area contributed by atoms with E-state index in [1.165, 1.54) is 5.56 Å². The van der Waals surface area contributed by atoms with Crippen LogP contribution in [0.3, 0.4) is 0 Å². The van der Waals surface area contributed by atoms with Crippen LogP contribution in [0.4, 0.5) is 11.5 Å². The summed E-state index contributed by atoms with van der Waals surface area (Å²) in [4.78, 5) is 12.0. The number of benzene rings is 1. The Morgan fingerprint density at radius 3 is 2.45 bits per heavy atom. The Kier molecular flexibility index (Phi) is 4.62. The molecule has 0 aliphatic carbocycles. The van der Waals surface area contributed by atoms with Gasteiger partial charge in [-0.15, -0.1) is 10.2 Å². The lowest BCUT2D eigenvalue weighted by atomic mass is 10.1. The van der Waals surface area contributed by atoms with Crippen LogP contribution in [0.5, 0.6) is 0 Å². The Morgan fingerprint density at radius 2 is 1.90 bits per heavy atom. The van der Waals surface area contributed by atoms with Crippen molar-refractivity contribution in [3.05, 3.63) is 47.7 Å². The lowest BCUT2D eigenvalue weighted by Gasteiger charge is -2.06. The molecule has 0 bridgehead atoms. The Bertz CT molecular complexity index is 565. The van der Waals surface area contributed by atoms with Crippen molar-refractivity contribution in [2.75, 3.05) is 10.7 Å². The van der Waals surface area contributed by atoms with E-state index in [9.17, 15) is 4.79 Å². The first-order valence-electron chi connectivity index (χ1n) is 6.43. The Hall–Kier alpha value is -2.47. The molecule has 104 valence electrons. The number of aryl methyl sites for hydroxylation is 1. The number of nitrogen functional groups attached to an aromatic ring is 1. The maximum absolute atomic E-state index is 12.0. The van der Waals surface area contributed by atoms with Crippen molar-refractivity contribution >= 4 is 17.4 Å². The third kappa shape index (κ3) is 3.52. The SMILES string of the molecule is CCCc1ccc(NC(=O)c2ccc(NN)nn2)cc1. The molecule has 6 nitrogen and oxygen atoms in total. The van der Waals surface area contributed by atoms with Crippen LogP contribution in [0, 0.1) is 0 Å². The fraction of sp³-hybridized carbons (Fsp3) is 0.214. The molecule has 0 atom stereocenters. The van der Waals surface area contributed by atoms with Crippen molar-refractivity contribution in [2.24, 2.45) is 5.84 Å². The molecule has 1 heterocycles. The zero-order chi connectivity index (χ0) is 14.4. The van der Waals surface area contributed by atoms with Crippen LogP contribution < -0.4 is 16.6 Å². The fourth-order valence-corrected chi connectivity index (χ4v) is 1.77. The van der Waals surface area contributed by atoms with E-state index < -0.39 is 0 Å². The van der Waals surface area contributed by atoms with Gasteiger partial charge >= 0.3 is 0 Å². The van der Waals surface area contributed by atoms with Gasteiger partial charge in [0.15, 0.2) is 11.5 Å². The first-order valence-corrected chi connectivity index (χ1v) is 6.43. The van der Waals surface area contributed by atoms with Gasteiger partial charge in [0.2, 0.25) is 0 Å². The Balaban J connectivity index is 2.02. The number of nitrogens with one attached hydrogen (secondary N) is 2. The molecule has 0 saturated heterocycles. The van der Waals surface area contributed by atoms with Gasteiger partial charge in [0.05, 0.1) is 0 Å². The van der Waals surface area contributed by atoms with E-state index in [1.807, 2.05) is 24.3 Å². The summed E-state index contributed by atoms with van der Waals surface area (Å²) in [6.07, 6.45) is 2.13. The highest BCUT2D eigenvalue weighted by Crippen LogP contribution is 2.12. The van der Waals surface area contributed by atoms with Gasteiger partial charge in [-0.25, -0.2) is 5.84 Å². The lowest BCUT2D eigenvalue weighted by Crippen LogP contribution is -2.16. The van der Waals surface area contributed by atoms with Gasteiger partial charge in [-0.05, 0) is 36.2 Å². The topological polar surface area (TPSA) is 92.9 Å². The van der Waals surface area contributed by atoms with Gasteiger partial charge in [-0.1, -0.05) is 25.5 Å². The molecule has 0 spiro atoms. The molecule has 20 heavy (non-hydrogen) atoms. The molecule has 0 radical (unpaired) electrons. The highest BCUT2D eigenvalue weighted by molar-refractivity contribution is 6.02. The van der Waals surface area contributed by atoms with Crippen molar-refractivity contribution < 1.29 is 4.79 Å². The molecule has 0 aliphatic heterocycles. The zero-order valence-corrected chi connectivity index (χ0v) is 11.3. The molecule has 4 N–H and O–H groups in total. The summed E-state index contributed by atoms with van der Waals surface area (Å²) in [7, 11) is 0. The van der Waals surface area contributed by atoms with Gasteiger partial charge in [-0.2, -0.15) is 0 Å². The van der Waals surface area contributed by atoms with Crippen LogP contribution in [0.25, 0.3) is 0 Å². The second-order valence-electron chi connectivity index (χ2n) is 4.35. The summed E-state index contributed by atoms with van der Waals surface area (Å²) < 4.78 is 0. The zero-order valence-electron chi connectivity index (χ0n) is 11.3. The minimum absolute atomic E-state index is 0.238. The number of hydrogen-bond acceptors (Lipinski definition) is 5. The monoisotopic (exact) mass is 271 g/mol. The number of anilines is 2. The predicted octanol–water partition coefficient (Wildman–Crippen LogP) is 1.97. The first-order chi connectivity index (χ1) is 9.72. The molecule has 0 unspecified atom stereocenters. The van der Waals surface area contributed by atoms with Crippen LogP contribution in [0.15, 0.2) is 36.4 Å². The van der Waals surface area contributed by atoms with Gasteiger partial charge in [-0.3, -0.25) is 4.79 Å². The summed E-state index contributed by atoms with van der Waals surface area (Å²) in [6, 6.07) is 10.9. The van der Waals surface area contributed by atoms with E-state index in [4.69, 9.17) is 5.84 Å².